The smallest absolute Gasteiger partial charge is 0.321 e. The van der Waals surface area contributed by atoms with E-state index in [4.69, 9.17) is 5.73 Å². The van der Waals surface area contributed by atoms with Gasteiger partial charge >= 0.3 is 6.03 Å². The number of sulfone groups is 1. The van der Waals surface area contributed by atoms with Gasteiger partial charge in [0.05, 0.1) is 11.5 Å². The van der Waals surface area contributed by atoms with Crippen molar-refractivity contribution in [2.75, 3.05) is 29.9 Å². The minimum atomic E-state index is -3.06. The third-order valence-corrected chi connectivity index (χ3v) is 5.54. The lowest BCUT2D eigenvalue weighted by atomic mass is 10.1. The van der Waals surface area contributed by atoms with E-state index >= 15 is 0 Å². The maximum atomic E-state index is 12.4. The number of rotatable bonds is 2. The van der Waals surface area contributed by atoms with Crippen LogP contribution in [0.25, 0.3) is 0 Å². The summed E-state index contributed by atoms with van der Waals surface area (Å²) >= 11 is 0. The van der Waals surface area contributed by atoms with Crippen LogP contribution in [-0.2, 0) is 16.4 Å². The molecule has 1 aromatic rings. The molecule has 1 unspecified atom stereocenters. The van der Waals surface area contributed by atoms with Gasteiger partial charge in [0.15, 0.2) is 9.84 Å². The van der Waals surface area contributed by atoms with E-state index in [1.807, 2.05) is 32.0 Å². The summed E-state index contributed by atoms with van der Waals surface area (Å²) in [5.41, 5.74) is 8.29. The summed E-state index contributed by atoms with van der Waals surface area (Å²) in [6, 6.07) is 5.41. The van der Waals surface area contributed by atoms with Crippen molar-refractivity contribution < 1.29 is 13.2 Å². The largest absolute Gasteiger partial charge is 0.326 e. The summed E-state index contributed by atoms with van der Waals surface area (Å²) in [6.45, 7) is 4.87. The first-order chi connectivity index (χ1) is 10.3. The van der Waals surface area contributed by atoms with Crippen molar-refractivity contribution >= 4 is 21.6 Å². The molecule has 22 heavy (non-hydrogen) atoms. The van der Waals surface area contributed by atoms with Crippen LogP contribution in [0, 0.1) is 12.8 Å². The Morgan fingerprint density at radius 1 is 1.41 bits per heavy atom. The molecule has 2 amide bonds. The number of carbonyl (C=O) groups excluding carboxylic acids is 1. The standard InChI is InChI=1S/C15H23N3O3S/c1-11-5-13(8-16)7-14(6-11)17-15(19)18-3-4-22(20,21)10-12(2)9-18/h5-7,12H,3-4,8-10,16H2,1-2H3,(H,17,19). The van der Waals surface area contributed by atoms with Crippen molar-refractivity contribution in [3.8, 4) is 0 Å². The van der Waals surface area contributed by atoms with Crippen LogP contribution < -0.4 is 11.1 Å². The summed E-state index contributed by atoms with van der Waals surface area (Å²) in [7, 11) is -3.06. The fraction of sp³-hybridized carbons (Fsp3) is 0.533. The van der Waals surface area contributed by atoms with Crippen molar-refractivity contribution in [2.24, 2.45) is 11.7 Å². The highest BCUT2D eigenvalue weighted by Crippen LogP contribution is 2.16. The highest BCUT2D eigenvalue weighted by Gasteiger charge is 2.26. The normalized spacial score (nSPS) is 21.2. The quantitative estimate of drug-likeness (QED) is 0.858. The van der Waals surface area contributed by atoms with E-state index in [2.05, 4.69) is 5.32 Å². The van der Waals surface area contributed by atoms with E-state index in [1.54, 1.807) is 4.90 Å². The van der Waals surface area contributed by atoms with E-state index in [0.717, 1.165) is 11.1 Å². The summed E-state index contributed by atoms with van der Waals surface area (Å²) in [6.07, 6.45) is 0. The number of nitrogens with zero attached hydrogens (tertiary/aromatic N) is 1. The van der Waals surface area contributed by atoms with E-state index in [9.17, 15) is 13.2 Å². The van der Waals surface area contributed by atoms with Crippen molar-refractivity contribution in [3.63, 3.8) is 0 Å². The molecule has 122 valence electrons. The van der Waals surface area contributed by atoms with E-state index in [-0.39, 0.29) is 30.0 Å². The summed E-state index contributed by atoms with van der Waals surface area (Å²) in [4.78, 5) is 13.9. The van der Waals surface area contributed by atoms with Crippen LogP contribution in [0.5, 0.6) is 0 Å². The van der Waals surface area contributed by atoms with Gasteiger partial charge < -0.3 is 16.0 Å². The lowest BCUT2D eigenvalue weighted by Gasteiger charge is -2.22. The fourth-order valence-corrected chi connectivity index (χ4v) is 4.36. The molecule has 0 spiro atoms. The predicted molar refractivity (Wildman–Crippen MR) is 87.5 cm³/mol. The van der Waals surface area contributed by atoms with Gasteiger partial charge in [0, 0.05) is 25.3 Å². The van der Waals surface area contributed by atoms with E-state index in [0.29, 0.717) is 18.8 Å². The molecule has 1 aromatic carbocycles. The second kappa shape index (κ2) is 6.66. The first-order valence-electron chi connectivity index (χ1n) is 7.36. The van der Waals surface area contributed by atoms with Crippen LogP contribution in [0.1, 0.15) is 18.1 Å². The van der Waals surface area contributed by atoms with Gasteiger partial charge in [-0.2, -0.15) is 0 Å². The number of nitrogens with one attached hydrogen (secondary N) is 1. The molecule has 0 aromatic heterocycles. The number of amides is 2. The molecule has 1 atom stereocenters. The summed E-state index contributed by atoms with van der Waals surface area (Å²) < 4.78 is 23.5. The number of hydrogen-bond donors (Lipinski definition) is 2. The Kier molecular flexibility index (Phi) is 5.08. The predicted octanol–water partition coefficient (Wildman–Crippen LogP) is 1.35. The van der Waals surface area contributed by atoms with Crippen LogP contribution in [0.3, 0.4) is 0 Å². The van der Waals surface area contributed by atoms with Crippen molar-refractivity contribution in [3.05, 3.63) is 29.3 Å². The van der Waals surface area contributed by atoms with Gasteiger partial charge in [-0.15, -0.1) is 0 Å². The van der Waals surface area contributed by atoms with Gasteiger partial charge in [0.1, 0.15) is 0 Å². The molecule has 1 heterocycles. The number of hydrogen-bond acceptors (Lipinski definition) is 4. The zero-order chi connectivity index (χ0) is 16.3. The van der Waals surface area contributed by atoms with Crippen LogP contribution in [0.15, 0.2) is 18.2 Å². The van der Waals surface area contributed by atoms with Crippen molar-refractivity contribution in [1.82, 2.24) is 4.90 Å². The molecular formula is C15H23N3O3S. The van der Waals surface area contributed by atoms with Gasteiger partial charge in [-0.1, -0.05) is 13.0 Å². The number of aryl methyl sites for hydroxylation is 1. The number of urea groups is 1. The molecule has 1 fully saturated rings. The monoisotopic (exact) mass is 325 g/mol. The first-order valence-corrected chi connectivity index (χ1v) is 9.18. The number of carbonyl (C=O) groups is 1. The summed E-state index contributed by atoms with van der Waals surface area (Å²) in [5.74, 6) is 0.0981. The third kappa shape index (κ3) is 4.45. The lowest BCUT2D eigenvalue weighted by molar-refractivity contribution is 0.210. The molecule has 0 bridgehead atoms. The molecule has 7 heteroatoms. The first kappa shape index (κ1) is 16.8. The Labute approximate surface area is 131 Å². The Morgan fingerprint density at radius 2 is 2.14 bits per heavy atom. The van der Waals surface area contributed by atoms with Crippen LogP contribution in [0.4, 0.5) is 10.5 Å². The minimum Gasteiger partial charge on any atom is -0.326 e. The van der Waals surface area contributed by atoms with Crippen LogP contribution in [-0.4, -0.2) is 43.9 Å². The molecule has 1 saturated heterocycles. The molecule has 1 aliphatic heterocycles. The Balaban J connectivity index is 2.10. The molecule has 3 N–H and O–H groups in total. The van der Waals surface area contributed by atoms with Crippen LogP contribution >= 0.6 is 0 Å². The average molecular weight is 325 g/mol. The van der Waals surface area contributed by atoms with Crippen molar-refractivity contribution in [2.45, 2.75) is 20.4 Å². The van der Waals surface area contributed by atoms with Gasteiger partial charge in [-0.05, 0) is 36.1 Å². The zero-order valence-electron chi connectivity index (χ0n) is 13.0. The fourth-order valence-electron chi connectivity index (χ4n) is 2.73. The SMILES string of the molecule is Cc1cc(CN)cc(NC(=O)N2CCS(=O)(=O)CC(C)C2)c1. The Hall–Kier alpha value is -1.60. The van der Waals surface area contributed by atoms with E-state index < -0.39 is 9.84 Å². The molecule has 2 rings (SSSR count). The molecule has 6 nitrogen and oxygen atoms in total. The molecular weight excluding hydrogens is 302 g/mol. The second-order valence-corrected chi connectivity index (χ2v) is 8.24. The number of anilines is 1. The maximum absolute atomic E-state index is 12.4. The topological polar surface area (TPSA) is 92.5 Å². The van der Waals surface area contributed by atoms with Gasteiger partial charge in [-0.25, -0.2) is 13.2 Å². The highest BCUT2D eigenvalue weighted by molar-refractivity contribution is 7.91. The van der Waals surface area contributed by atoms with Gasteiger partial charge in [0.2, 0.25) is 0 Å². The second-order valence-electron chi connectivity index (χ2n) is 6.01. The minimum absolute atomic E-state index is 0.0205. The number of benzene rings is 1. The number of nitrogens with two attached hydrogens (primary N) is 1. The average Bonchev–Trinajstić information content (AvgIpc) is 2.55. The van der Waals surface area contributed by atoms with Gasteiger partial charge in [-0.3, -0.25) is 0 Å². The molecule has 0 saturated carbocycles. The lowest BCUT2D eigenvalue weighted by Crippen LogP contribution is -2.38. The molecule has 0 aliphatic carbocycles. The summed E-state index contributed by atoms with van der Waals surface area (Å²) in [5, 5.41) is 2.84. The zero-order valence-corrected chi connectivity index (χ0v) is 13.8. The van der Waals surface area contributed by atoms with Crippen LogP contribution in [0.2, 0.25) is 0 Å². The highest BCUT2D eigenvalue weighted by atomic mass is 32.2. The molecule has 0 radical (unpaired) electrons. The molecule has 1 aliphatic rings. The third-order valence-electron chi connectivity index (χ3n) is 3.65. The van der Waals surface area contributed by atoms with E-state index in [1.165, 1.54) is 0 Å². The van der Waals surface area contributed by atoms with Gasteiger partial charge in [0.25, 0.3) is 0 Å². The maximum Gasteiger partial charge on any atom is 0.321 e. The van der Waals surface area contributed by atoms with Crippen molar-refractivity contribution in [1.29, 1.82) is 0 Å². The Morgan fingerprint density at radius 3 is 2.82 bits per heavy atom. The Bertz CT molecular complexity index is 658.